The van der Waals surface area contributed by atoms with Crippen molar-refractivity contribution in [3.8, 4) is 0 Å². The summed E-state index contributed by atoms with van der Waals surface area (Å²) in [6.07, 6.45) is 3.27. The molecule has 0 saturated heterocycles. The summed E-state index contributed by atoms with van der Waals surface area (Å²) in [4.78, 5) is 0. The molecule has 72 valence electrons. The summed E-state index contributed by atoms with van der Waals surface area (Å²) in [5.74, 6) is 1.76. The van der Waals surface area contributed by atoms with E-state index in [0.29, 0.717) is 6.61 Å². The molecule has 0 radical (unpaired) electrons. The molecule has 0 bridgehead atoms. The van der Waals surface area contributed by atoms with Gasteiger partial charge in [0.05, 0.1) is 5.54 Å². The van der Waals surface area contributed by atoms with Crippen molar-refractivity contribution in [3.63, 3.8) is 0 Å². The molecule has 1 aliphatic rings. The zero-order chi connectivity index (χ0) is 9.31. The second kappa shape index (κ2) is 3.16. The minimum Gasteiger partial charge on any atom is -0.462 e. The summed E-state index contributed by atoms with van der Waals surface area (Å²) in [6, 6.07) is 3.90. The van der Waals surface area contributed by atoms with E-state index in [0.717, 1.165) is 24.4 Å². The highest BCUT2D eigenvalue weighted by Crippen LogP contribution is 2.39. The first-order chi connectivity index (χ1) is 6.24. The Morgan fingerprint density at radius 3 is 2.85 bits per heavy atom. The Labute approximate surface area is 77.9 Å². The maximum atomic E-state index is 6.10. The fraction of sp³-hybridized carbons (Fsp3) is 0.600. The van der Waals surface area contributed by atoms with Gasteiger partial charge in [0.2, 0.25) is 0 Å². The van der Waals surface area contributed by atoms with E-state index in [1.807, 2.05) is 12.1 Å². The van der Waals surface area contributed by atoms with Gasteiger partial charge < -0.3 is 14.9 Å². The standard InChI is InChI=1S/C10H15NO2/c1-12-7-8-3-4-9(13-8)10(11)5-2-6-10/h3-4H,2,5-7,11H2,1H3. The molecule has 1 aromatic rings. The van der Waals surface area contributed by atoms with Gasteiger partial charge in [-0.3, -0.25) is 0 Å². The van der Waals surface area contributed by atoms with Crippen molar-refractivity contribution in [3.05, 3.63) is 23.7 Å². The molecule has 0 spiro atoms. The zero-order valence-corrected chi connectivity index (χ0v) is 7.88. The minimum absolute atomic E-state index is 0.189. The van der Waals surface area contributed by atoms with E-state index in [4.69, 9.17) is 14.9 Å². The third-order valence-corrected chi connectivity index (χ3v) is 2.68. The fourth-order valence-corrected chi connectivity index (χ4v) is 1.67. The van der Waals surface area contributed by atoms with Crippen molar-refractivity contribution in [2.75, 3.05) is 7.11 Å². The molecule has 1 aliphatic carbocycles. The maximum Gasteiger partial charge on any atom is 0.129 e. The van der Waals surface area contributed by atoms with Crippen LogP contribution in [0.2, 0.25) is 0 Å². The molecule has 2 rings (SSSR count). The van der Waals surface area contributed by atoms with Crippen LogP contribution in [-0.2, 0) is 16.9 Å². The van der Waals surface area contributed by atoms with Gasteiger partial charge in [-0.1, -0.05) is 0 Å². The highest BCUT2D eigenvalue weighted by molar-refractivity contribution is 5.18. The summed E-state index contributed by atoms with van der Waals surface area (Å²) < 4.78 is 10.6. The minimum atomic E-state index is -0.189. The largest absolute Gasteiger partial charge is 0.462 e. The first kappa shape index (κ1) is 8.78. The third-order valence-electron chi connectivity index (χ3n) is 2.68. The lowest BCUT2D eigenvalue weighted by Gasteiger charge is -2.35. The number of hydrogen-bond acceptors (Lipinski definition) is 3. The number of ether oxygens (including phenoxy) is 1. The average Bonchev–Trinajstić information content (AvgIpc) is 2.50. The van der Waals surface area contributed by atoms with Gasteiger partial charge in [-0.15, -0.1) is 0 Å². The predicted molar refractivity (Wildman–Crippen MR) is 49.1 cm³/mol. The summed E-state index contributed by atoms with van der Waals surface area (Å²) >= 11 is 0. The van der Waals surface area contributed by atoms with Crippen LogP contribution in [0.5, 0.6) is 0 Å². The van der Waals surface area contributed by atoms with Crippen LogP contribution in [0.4, 0.5) is 0 Å². The Morgan fingerprint density at radius 2 is 2.31 bits per heavy atom. The van der Waals surface area contributed by atoms with Gasteiger partial charge in [0, 0.05) is 7.11 Å². The summed E-state index contributed by atoms with van der Waals surface area (Å²) in [6.45, 7) is 0.524. The van der Waals surface area contributed by atoms with Crippen LogP contribution < -0.4 is 5.73 Å². The third kappa shape index (κ3) is 1.49. The lowest BCUT2D eigenvalue weighted by atomic mass is 9.76. The van der Waals surface area contributed by atoms with Gasteiger partial charge in [-0.05, 0) is 31.4 Å². The molecular formula is C10H15NO2. The summed E-state index contributed by atoms with van der Waals surface area (Å²) in [5, 5.41) is 0. The number of furan rings is 1. The number of nitrogens with two attached hydrogens (primary N) is 1. The van der Waals surface area contributed by atoms with Crippen LogP contribution in [-0.4, -0.2) is 7.11 Å². The summed E-state index contributed by atoms with van der Waals surface area (Å²) in [5.41, 5.74) is 5.91. The topological polar surface area (TPSA) is 48.4 Å². The van der Waals surface area contributed by atoms with Crippen molar-refractivity contribution < 1.29 is 9.15 Å². The van der Waals surface area contributed by atoms with E-state index in [-0.39, 0.29) is 5.54 Å². The Morgan fingerprint density at radius 1 is 1.54 bits per heavy atom. The van der Waals surface area contributed by atoms with Crippen LogP contribution in [0, 0.1) is 0 Å². The molecule has 3 nitrogen and oxygen atoms in total. The molecule has 0 aromatic carbocycles. The van der Waals surface area contributed by atoms with Gasteiger partial charge in [0.1, 0.15) is 18.1 Å². The maximum absolute atomic E-state index is 6.10. The molecule has 0 amide bonds. The molecule has 13 heavy (non-hydrogen) atoms. The van der Waals surface area contributed by atoms with Gasteiger partial charge in [-0.25, -0.2) is 0 Å². The highest BCUT2D eigenvalue weighted by atomic mass is 16.5. The van der Waals surface area contributed by atoms with Crippen LogP contribution >= 0.6 is 0 Å². The normalized spacial score (nSPS) is 19.8. The van der Waals surface area contributed by atoms with E-state index in [2.05, 4.69) is 0 Å². The van der Waals surface area contributed by atoms with Crippen LogP contribution in [0.15, 0.2) is 16.5 Å². The molecule has 1 aromatic heterocycles. The molecule has 0 atom stereocenters. The smallest absolute Gasteiger partial charge is 0.129 e. The number of rotatable bonds is 3. The number of hydrogen-bond donors (Lipinski definition) is 1. The average molecular weight is 181 g/mol. The fourth-order valence-electron chi connectivity index (χ4n) is 1.67. The lowest BCUT2D eigenvalue weighted by molar-refractivity contribution is 0.149. The highest BCUT2D eigenvalue weighted by Gasteiger charge is 2.37. The molecule has 0 unspecified atom stereocenters. The molecule has 2 N–H and O–H groups in total. The molecular weight excluding hydrogens is 166 g/mol. The van der Waals surface area contributed by atoms with Crippen molar-refractivity contribution in [1.82, 2.24) is 0 Å². The second-order valence-corrected chi connectivity index (χ2v) is 3.71. The van der Waals surface area contributed by atoms with Crippen LogP contribution in [0.25, 0.3) is 0 Å². The van der Waals surface area contributed by atoms with Crippen molar-refractivity contribution >= 4 is 0 Å². The van der Waals surface area contributed by atoms with Gasteiger partial charge in [0.25, 0.3) is 0 Å². The van der Waals surface area contributed by atoms with E-state index in [1.54, 1.807) is 7.11 Å². The Balaban J connectivity index is 2.12. The molecule has 1 fully saturated rings. The van der Waals surface area contributed by atoms with Crippen LogP contribution in [0.3, 0.4) is 0 Å². The van der Waals surface area contributed by atoms with Crippen molar-refractivity contribution in [2.24, 2.45) is 5.73 Å². The van der Waals surface area contributed by atoms with Gasteiger partial charge in [0.15, 0.2) is 0 Å². The van der Waals surface area contributed by atoms with E-state index in [9.17, 15) is 0 Å². The SMILES string of the molecule is COCc1ccc(C2(N)CCC2)o1. The molecule has 3 heteroatoms. The quantitative estimate of drug-likeness (QED) is 0.773. The van der Waals surface area contributed by atoms with Crippen molar-refractivity contribution in [2.45, 2.75) is 31.4 Å². The Kier molecular flexibility index (Phi) is 2.14. The van der Waals surface area contributed by atoms with E-state index in [1.165, 1.54) is 6.42 Å². The van der Waals surface area contributed by atoms with Gasteiger partial charge in [-0.2, -0.15) is 0 Å². The molecule has 0 aliphatic heterocycles. The van der Waals surface area contributed by atoms with Gasteiger partial charge >= 0.3 is 0 Å². The van der Waals surface area contributed by atoms with E-state index >= 15 is 0 Å². The zero-order valence-electron chi connectivity index (χ0n) is 7.88. The Bertz CT molecular complexity index is 289. The predicted octanol–water partition coefficient (Wildman–Crippen LogP) is 1.76. The van der Waals surface area contributed by atoms with E-state index < -0.39 is 0 Å². The molecule has 1 heterocycles. The summed E-state index contributed by atoms with van der Waals surface area (Å²) in [7, 11) is 1.66. The van der Waals surface area contributed by atoms with Crippen LogP contribution in [0.1, 0.15) is 30.8 Å². The lowest BCUT2D eigenvalue weighted by Crippen LogP contribution is -2.42. The molecule has 1 saturated carbocycles. The number of methoxy groups -OCH3 is 1. The second-order valence-electron chi connectivity index (χ2n) is 3.71. The monoisotopic (exact) mass is 181 g/mol. The first-order valence-electron chi connectivity index (χ1n) is 4.62. The van der Waals surface area contributed by atoms with Crippen molar-refractivity contribution in [1.29, 1.82) is 0 Å². The Hall–Kier alpha value is -0.800. The first-order valence-corrected chi connectivity index (χ1v) is 4.62.